The molecule has 0 bridgehead atoms. The number of hydrogen-bond acceptors (Lipinski definition) is 2. The Balaban J connectivity index is 3.29. The first-order valence-electron chi connectivity index (χ1n) is 4.58. The maximum atomic E-state index is 12.6. The Hall–Kier alpha value is -1.82. The molecular weight excluding hydrogens is 237 g/mol. The number of rotatable bonds is 3. The Bertz CT molecular complexity index is 450. The average Bonchev–Trinajstić information content (AvgIpc) is 2.24. The van der Waals surface area contributed by atoms with Gasteiger partial charge in [-0.25, -0.2) is 4.79 Å². The molecule has 0 spiro atoms. The second kappa shape index (κ2) is 5.01. The highest BCUT2D eigenvalue weighted by Gasteiger charge is 2.35. The summed E-state index contributed by atoms with van der Waals surface area (Å²) < 4.78 is 37.7. The van der Waals surface area contributed by atoms with E-state index < -0.39 is 23.3 Å². The summed E-state index contributed by atoms with van der Waals surface area (Å²) >= 11 is 0. The van der Waals surface area contributed by atoms with Gasteiger partial charge in [0.2, 0.25) is 0 Å². The van der Waals surface area contributed by atoms with Crippen LogP contribution >= 0.6 is 0 Å². The van der Waals surface area contributed by atoms with Crippen LogP contribution in [0.4, 0.5) is 13.2 Å². The molecule has 92 valence electrons. The van der Waals surface area contributed by atoms with Gasteiger partial charge < -0.3 is 10.2 Å². The molecule has 0 aliphatic carbocycles. The summed E-state index contributed by atoms with van der Waals surface area (Å²) in [5, 5.41) is 17.1. The van der Waals surface area contributed by atoms with Crippen molar-refractivity contribution in [1.29, 1.82) is 0 Å². The molecule has 0 fully saturated rings. The van der Waals surface area contributed by atoms with Gasteiger partial charge in [-0.3, -0.25) is 0 Å². The normalized spacial score (nSPS) is 12.0. The lowest BCUT2D eigenvalue weighted by Crippen LogP contribution is -2.13. The largest absolute Gasteiger partial charge is 0.478 e. The van der Waals surface area contributed by atoms with Gasteiger partial charge >= 0.3 is 12.1 Å². The number of hydrogen-bond donors (Lipinski definition) is 2. The number of halogens is 3. The van der Waals surface area contributed by atoms with Crippen molar-refractivity contribution in [3.8, 4) is 0 Å². The van der Waals surface area contributed by atoms with Crippen molar-refractivity contribution < 1.29 is 28.2 Å². The lowest BCUT2D eigenvalue weighted by atomic mass is 10.0. The molecule has 0 heterocycles. The molecule has 0 aliphatic rings. The highest BCUT2D eigenvalue weighted by molar-refractivity contribution is 5.90. The lowest BCUT2D eigenvalue weighted by molar-refractivity contribution is -0.138. The van der Waals surface area contributed by atoms with Crippen molar-refractivity contribution in [3.63, 3.8) is 0 Å². The predicted molar refractivity (Wildman–Crippen MR) is 54.5 cm³/mol. The summed E-state index contributed by atoms with van der Waals surface area (Å²) in [4.78, 5) is 10.6. The van der Waals surface area contributed by atoms with Crippen molar-refractivity contribution in [2.75, 3.05) is 6.61 Å². The average molecular weight is 246 g/mol. The minimum absolute atomic E-state index is 0.177. The van der Waals surface area contributed by atoms with Crippen molar-refractivity contribution in [2.24, 2.45) is 0 Å². The molecule has 6 heteroatoms. The van der Waals surface area contributed by atoms with E-state index in [-0.39, 0.29) is 12.2 Å². The van der Waals surface area contributed by atoms with Gasteiger partial charge in [0.25, 0.3) is 0 Å². The first kappa shape index (κ1) is 13.2. The summed E-state index contributed by atoms with van der Waals surface area (Å²) in [6.07, 6.45) is -2.19. The van der Waals surface area contributed by atoms with Crippen LogP contribution in [0.1, 0.15) is 21.5 Å². The summed E-state index contributed by atoms with van der Waals surface area (Å²) in [5.41, 5.74) is -1.82. The maximum absolute atomic E-state index is 12.6. The molecular formula is C11H9F3O3. The second-order valence-electron chi connectivity index (χ2n) is 3.19. The molecule has 1 rings (SSSR count). The minimum atomic E-state index is -4.73. The third-order valence-corrected chi connectivity index (χ3v) is 2.00. The predicted octanol–water partition coefficient (Wildman–Crippen LogP) is 2.41. The fraction of sp³-hybridized carbons (Fsp3) is 0.182. The molecule has 0 saturated heterocycles. The topological polar surface area (TPSA) is 57.5 Å². The van der Waals surface area contributed by atoms with Gasteiger partial charge in [-0.15, -0.1) is 0 Å². The molecule has 1 aromatic carbocycles. The van der Waals surface area contributed by atoms with E-state index in [9.17, 15) is 18.0 Å². The SMILES string of the molecule is O=C(O)c1ccc(C=CCO)cc1C(F)(F)F. The number of carboxylic acid groups (broad SMARTS) is 1. The summed E-state index contributed by atoms with van der Waals surface area (Å²) in [5.74, 6) is -1.63. The number of alkyl halides is 3. The van der Waals surface area contributed by atoms with E-state index in [0.717, 1.165) is 12.1 Å². The van der Waals surface area contributed by atoms with Gasteiger partial charge in [0.05, 0.1) is 17.7 Å². The lowest BCUT2D eigenvalue weighted by Gasteiger charge is -2.10. The molecule has 0 radical (unpaired) electrons. The third kappa shape index (κ3) is 3.32. The highest BCUT2D eigenvalue weighted by atomic mass is 19.4. The van der Waals surface area contributed by atoms with Gasteiger partial charge in [0.1, 0.15) is 0 Å². The number of carbonyl (C=O) groups is 1. The van der Waals surface area contributed by atoms with E-state index >= 15 is 0 Å². The molecule has 0 aliphatic heterocycles. The van der Waals surface area contributed by atoms with Crippen LogP contribution in [0.2, 0.25) is 0 Å². The van der Waals surface area contributed by atoms with Crippen LogP contribution in [-0.2, 0) is 6.18 Å². The smallest absolute Gasteiger partial charge is 0.417 e. The molecule has 0 atom stereocenters. The number of aliphatic hydroxyl groups excluding tert-OH is 1. The van der Waals surface area contributed by atoms with E-state index in [0.29, 0.717) is 0 Å². The number of aromatic carboxylic acids is 1. The molecule has 0 saturated carbocycles. The van der Waals surface area contributed by atoms with Gasteiger partial charge in [0, 0.05) is 0 Å². The number of benzene rings is 1. The quantitative estimate of drug-likeness (QED) is 0.861. The van der Waals surface area contributed by atoms with Crippen LogP contribution in [0.3, 0.4) is 0 Å². The van der Waals surface area contributed by atoms with E-state index in [1.54, 1.807) is 0 Å². The molecule has 17 heavy (non-hydrogen) atoms. The van der Waals surface area contributed by atoms with E-state index in [4.69, 9.17) is 10.2 Å². The fourth-order valence-electron chi connectivity index (χ4n) is 1.28. The van der Waals surface area contributed by atoms with Gasteiger partial charge in [-0.1, -0.05) is 18.2 Å². The van der Waals surface area contributed by atoms with Gasteiger partial charge in [-0.05, 0) is 17.7 Å². The fourth-order valence-corrected chi connectivity index (χ4v) is 1.28. The molecule has 0 unspecified atom stereocenters. The van der Waals surface area contributed by atoms with Crippen LogP contribution in [0.5, 0.6) is 0 Å². The number of carboxylic acids is 1. The Kier molecular flexibility index (Phi) is 3.90. The second-order valence-corrected chi connectivity index (χ2v) is 3.19. The van der Waals surface area contributed by atoms with Crippen molar-refractivity contribution in [1.82, 2.24) is 0 Å². The van der Waals surface area contributed by atoms with Crippen molar-refractivity contribution in [3.05, 3.63) is 41.0 Å². The van der Waals surface area contributed by atoms with Crippen LogP contribution in [-0.4, -0.2) is 22.8 Å². The molecule has 1 aromatic rings. The van der Waals surface area contributed by atoms with Gasteiger partial charge in [-0.2, -0.15) is 13.2 Å². The summed E-state index contributed by atoms with van der Waals surface area (Å²) in [6.45, 7) is -0.304. The van der Waals surface area contributed by atoms with E-state index in [1.165, 1.54) is 18.2 Å². The zero-order valence-corrected chi connectivity index (χ0v) is 8.53. The van der Waals surface area contributed by atoms with Crippen LogP contribution in [0.25, 0.3) is 6.08 Å². The van der Waals surface area contributed by atoms with Crippen molar-refractivity contribution in [2.45, 2.75) is 6.18 Å². The van der Waals surface area contributed by atoms with Gasteiger partial charge in [0.15, 0.2) is 0 Å². The zero-order chi connectivity index (χ0) is 13.1. The standard InChI is InChI=1S/C11H9F3O3/c12-11(13,14)9-6-7(2-1-5-15)3-4-8(9)10(16)17/h1-4,6,15H,5H2,(H,16,17). The number of aliphatic hydroxyl groups is 1. The first-order chi connectivity index (χ1) is 7.86. The summed E-state index contributed by atoms with van der Waals surface area (Å²) in [7, 11) is 0. The van der Waals surface area contributed by atoms with Crippen LogP contribution < -0.4 is 0 Å². The third-order valence-electron chi connectivity index (χ3n) is 2.00. The molecule has 0 aromatic heterocycles. The zero-order valence-electron chi connectivity index (χ0n) is 8.53. The first-order valence-corrected chi connectivity index (χ1v) is 4.58. The summed E-state index contributed by atoms with van der Waals surface area (Å²) in [6, 6.07) is 2.86. The Morgan fingerprint density at radius 3 is 2.47 bits per heavy atom. The van der Waals surface area contributed by atoms with Crippen LogP contribution in [0.15, 0.2) is 24.3 Å². The monoisotopic (exact) mass is 246 g/mol. The van der Waals surface area contributed by atoms with Crippen LogP contribution in [0, 0.1) is 0 Å². The van der Waals surface area contributed by atoms with E-state index in [1.807, 2.05) is 0 Å². The maximum Gasteiger partial charge on any atom is 0.417 e. The molecule has 0 amide bonds. The molecule has 3 nitrogen and oxygen atoms in total. The highest BCUT2D eigenvalue weighted by Crippen LogP contribution is 2.33. The Morgan fingerprint density at radius 1 is 1.35 bits per heavy atom. The minimum Gasteiger partial charge on any atom is -0.478 e. The Morgan fingerprint density at radius 2 is 2.00 bits per heavy atom. The van der Waals surface area contributed by atoms with Crippen molar-refractivity contribution >= 4 is 12.0 Å². The van der Waals surface area contributed by atoms with E-state index in [2.05, 4.69) is 0 Å². The molecule has 2 N–H and O–H groups in total. The Labute approximate surface area is 94.8 Å².